The summed E-state index contributed by atoms with van der Waals surface area (Å²) in [6.07, 6.45) is 14.9. The number of amides is 1. The van der Waals surface area contributed by atoms with Crippen molar-refractivity contribution in [1.82, 2.24) is 19.7 Å². The van der Waals surface area contributed by atoms with Gasteiger partial charge in [-0.25, -0.2) is 4.79 Å². The number of carbonyl (C=O) groups excluding carboxylic acids is 1. The van der Waals surface area contributed by atoms with Crippen LogP contribution in [0.5, 0.6) is 5.75 Å². The first-order valence-corrected chi connectivity index (χ1v) is 23.3. The van der Waals surface area contributed by atoms with Crippen molar-refractivity contribution in [3.05, 3.63) is 141 Å². The van der Waals surface area contributed by atoms with Crippen molar-refractivity contribution in [2.75, 3.05) is 18.8 Å². The number of aromatic hydroxyl groups is 1. The molecule has 9 nitrogen and oxygen atoms in total. The minimum atomic E-state index is -1.39. The Labute approximate surface area is 362 Å². The van der Waals surface area contributed by atoms with Crippen molar-refractivity contribution in [1.29, 1.82) is 0 Å². The largest absolute Gasteiger partial charge is 0.505 e. The molecule has 61 heavy (non-hydrogen) atoms. The third-order valence-corrected chi connectivity index (χ3v) is 13.7. The quantitative estimate of drug-likeness (QED) is 0.147. The van der Waals surface area contributed by atoms with Crippen LogP contribution in [0.4, 0.5) is 4.79 Å². The first-order chi connectivity index (χ1) is 29.3. The molecule has 316 valence electrons. The summed E-state index contributed by atoms with van der Waals surface area (Å²) in [7, 11) is 1.48. The second kappa shape index (κ2) is 17.2. The number of likely N-dealkylation sites (tertiary alicyclic amines) is 1. The number of carbonyl (C=O) groups is 1. The fourth-order valence-electron chi connectivity index (χ4n) is 8.77. The number of hydrogen-bond acceptors (Lipinski definition) is 6. The molecule has 2 N–H and O–H groups in total. The highest BCUT2D eigenvalue weighted by Gasteiger charge is 2.41. The van der Waals surface area contributed by atoms with Gasteiger partial charge < -0.3 is 19.7 Å². The van der Waals surface area contributed by atoms with E-state index in [0.717, 1.165) is 101 Å². The van der Waals surface area contributed by atoms with Gasteiger partial charge in [0.05, 0.1) is 21.8 Å². The summed E-state index contributed by atoms with van der Waals surface area (Å²) in [6.45, 7) is 11.3. The predicted molar refractivity (Wildman–Crippen MR) is 251 cm³/mol. The molecule has 2 atom stereocenters. The fourth-order valence-corrected chi connectivity index (χ4v) is 9.84. The number of aromatic amines is 1. The number of ether oxygens (including phenoxy) is 1. The standard InChI is InChI=1S/C41H38N3O3PS.C9H17NO2/c1-3-49(47)36-23-34(45)31-21-30(26-19-20-26)38(40(46)39(31)42-36)37-25(2)35(48)22-33-32(37)24-44(43-33)41(27-13-7-4-8-14-27,28-15-9-5-10-16-28)29-17-11-6-12-18-29;1-9(2,3)12-8(11)10-6-4-5-7-10/h4-5,7-11,13-18,21-24,26,46H,3,6,12,19-20,48H2,1-2H3,(H,42,45);4-7H2,1-3H3. The second-order valence-corrected chi connectivity index (χ2v) is 19.6. The average Bonchev–Trinajstić information content (AvgIpc) is 3.78. The maximum Gasteiger partial charge on any atom is 0.410 e. The predicted octanol–water partition coefficient (Wildman–Crippen LogP) is 10.1. The molecule has 2 fully saturated rings. The number of hydrogen-bond donors (Lipinski definition) is 2. The Morgan fingerprint density at radius 2 is 1.61 bits per heavy atom. The molecule has 3 aliphatic rings. The van der Waals surface area contributed by atoms with Gasteiger partial charge in [-0.1, -0.05) is 85.8 Å². The monoisotopic (exact) mass is 854 g/mol. The molecule has 1 amide bonds. The summed E-state index contributed by atoms with van der Waals surface area (Å²) in [5, 5.41) is 20.3. The molecule has 2 unspecified atom stereocenters. The minimum Gasteiger partial charge on any atom is -0.505 e. The molecule has 6 aromatic rings. The van der Waals surface area contributed by atoms with Crippen LogP contribution in [0.15, 0.2) is 119 Å². The van der Waals surface area contributed by atoms with Crippen molar-refractivity contribution >= 4 is 53.2 Å². The van der Waals surface area contributed by atoms with Gasteiger partial charge in [-0.3, -0.25) is 13.7 Å². The molecule has 4 aromatic carbocycles. The van der Waals surface area contributed by atoms with Crippen molar-refractivity contribution in [2.45, 2.75) is 95.2 Å². The molecule has 3 heterocycles. The molecular weight excluding hydrogens is 800 g/mol. The minimum absolute atomic E-state index is 0.00880. The lowest BCUT2D eigenvalue weighted by Gasteiger charge is -2.38. The van der Waals surface area contributed by atoms with Crippen LogP contribution in [0.2, 0.25) is 0 Å². The molecule has 2 aliphatic carbocycles. The molecule has 0 radical (unpaired) electrons. The van der Waals surface area contributed by atoms with Gasteiger partial charge in [0, 0.05) is 53.0 Å². The van der Waals surface area contributed by atoms with Crippen molar-refractivity contribution in [2.24, 2.45) is 0 Å². The van der Waals surface area contributed by atoms with Gasteiger partial charge >= 0.3 is 6.09 Å². The van der Waals surface area contributed by atoms with E-state index < -0.39 is 16.3 Å². The van der Waals surface area contributed by atoms with E-state index in [0.29, 0.717) is 27.2 Å². The summed E-state index contributed by atoms with van der Waals surface area (Å²) in [6, 6.07) is 26.5. The smallest absolute Gasteiger partial charge is 0.410 e. The van der Waals surface area contributed by atoms with Gasteiger partial charge in [0.2, 0.25) is 0 Å². The van der Waals surface area contributed by atoms with Gasteiger partial charge in [-0.2, -0.15) is 5.10 Å². The third-order valence-electron chi connectivity index (χ3n) is 11.9. The number of phenolic OH excluding ortho intramolecular Hbond substituents is 1. The Kier molecular flexibility index (Phi) is 12.0. The van der Waals surface area contributed by atoms with E-state index in [-0.39, 0.29) is 28.8 Å². The normalized spacial score (nSPS) is 16.0. The summed E-state index contributed by atoms with van der Waals surface area (Å²) in [4.78, 5) is 29.7. The molecule has 0 spiro atoms. The number of nitrogens with zero attached hydrogens (tertiary/aromatic N) is 3. The summed E-state index contributed by atoms with van der Waals surface area (Å²) in [5.41, 5.74) is 6.65. The molecule has 2 aromatic heterocycles. The number of pyridine rings is 1. The number of fused-ring (bicyclic) bond motifs is 2. The lowest BCUT2D eigenvalue weighted by atomic mass is 9.75. The van der Waals surface area contributed by atoms with Crippen molar-refractivity contribution in [3.63, 3.8) is 0 Å². The van der Waals surface area contributed by atoms with E-state index in [2.05, 4.69) is 105 Å². The summed E-state index contributed by atoms with van der Waals surface area (Å²) in [5.74, 6) is 0.603. The van der Waals surface area contributed by atoms with Gasteiger partial charge in [-0.05, 0) is 117 Å². The molecule has 0 bridgehead atoms. The maximum atomic E-state index is 13.4. The van der Waals surface area contributed by atoms with Crippen molar-refractivity contribution < 1.29 is 18.8 Å². The third kappa shape index (κ3) is 8.25. The second-order valence-electron chi connectivity index (χ2n) is 17.2. The molecule has 9 rings (SSSR count). The molecular formula is C50H55N4O5PS. The van der Waals surface area contributed by atoms with E-state index in [4.69, 9.17) is 9.84 Å². The van der Waals surface area contributed by atoms with Crippen LogP contribution in [-0.4, -0.2) is 59.5 Å². The summed E-state index contributed by atoms with van der Waals surface area (Å²) >= 11 is 0. The number of allylic oxidation sites excluding steroid dienone is 4. The van der Waals surface area contributed by atoms with E-state index in [1.807, 2.05) is 45.9 Å². The Morgan fingerprint density at radius 1 is 0.951 bits per heavy atom. The van der Waals surface area contributed by atoms with Crippen molar-refractivity contribution in [3.8, 4) is 16.9 Å². The molecule has 1 saturated carbocycles. The highest BCUT2D eigenvalue weighted by atomic mass is 32.2. The van der Waals surface area contributed by atoms with E-state index in [1.54, 1.807) is 4.90 Å². The van der Waals surface area contributed by atoms with Crippen LogP contribution < -0.4 is 10.7 Å². The zero-order chi connectivity index (χ0) is 43.1. The van der Waals surface area contributed by atoms with Crippen LogP contribution in [0, 0.1) is 6.92 Å². The van der Waals surface area contributed by atoms with Crippen LogP contribution in [0.3, 0.4) is 0 Å². The van der Waals surface area contributed by atoms with Gasteiger partial charge in [0.1, 0.15) is 21.9 Å². The highest BCUT2D eigenvalue weighted by Crippen LogP contribution is 2.52. The Balaban J connectivity index is 0.000000371. The lowest BCUT2D eigenvalue weighted by molar-refractivity contribution is 0.0295. The first-order valence-electron chi connectivity index (χ1n) is 21.4. The van der Waals surface area contributed by atoms with Crippen LogP contribution in [-0.2, 0) is 21.1 Å². The van der Waals surface area contributed by atoms with Crippen LogP contribution in [0.1, 0.15) is 94.4 Å². The number of phenols is 1. The Morgan fingerprint density at radius 3 is 2.18 bits per heavy atom. The number of rotatable bonds is 8. The molecule has 11 heteroatoms. The molecule has 1 aliphatic heterocycles. The van der Waals surface area contributed by atoms with Gasteiger partial charge in [-0.15, -0.1) is 9.24 Å². The number of nitrogens with one attached hydrogen (secondary N) is 1. The maximum absolute atomic E-state index is 13.4. The fraction of sp³-hybridized carbons (Fsp3) is 0.340. The summed E-state index contributed by atoms with van der Waals surface area (Å²) < 4.78 is 20.1. The zero-order valence-corrected chi connectivity index (χ0v) is 37.6. The zero-order valence-electron chi connectivity index (χ0n) is 35.7. The Hall–Kier alpha value is -5.31. The highest BCUT2D eigenvalue weighted by molar-refractivity contribution is 7.84. The number of benzene rings is 4. The Bertz CT molecular complexity index is 2720. The van der Waals surface area contributed by atoms with E-state index in [1.165, 1.54) is 6.07 Å². The van der Waals surface area contributed by atoms with Crippen LogP contribution >= 0.6 is 9.24 Å². The number of H-pyrrole nitrogens is 1. The topological polar surface area (TPSA) is 118 Å². The van der Waals surface area contributed by atoms with Gasteiger partial charge in [0.25, 0.3) is 0 Å². The SMILES string of the molecule is CC(C)(C)OC(=O)N1CCCC1.CCS(=O)c1cc(=O)c2cc(C3CC3)c(-c3c(C)c(P)cc4nn(C(C5=CCCC=C5)(c5ccccc5)c5ccccc5)cc34)c(O)c2[nH]1. The first kappa shape index (κ1) is 42.4. The van der Waals surface area contributed by atoms with E-state index >= 15 is 0 Å². The van der Waals surface area contributed by atoms with Gasteiger partial charge in [0.15, 0.2) is 5.43 Å². The average molecular weight is 855 g/mol. The number of aromatic nitrogens is 3. The molecule has 1 saturated heterocycles. The van der Waals surface area contributed by atoms with E-state index in [9.17, 15) is 18.9 Å². The van der Waals surface area contributed by atoms with Crippen LogP contribution in [0.25, 0.3) is 32.9 Å². The lowest BCUT2D eigenvalue weighted by Crippen LogP contribution is -2.38.